The summed E-state index contributed by atoms with van der Waals surface area (Å²) < 4.78 is 15.6. The Labute approximate surface area is 186 Å². The predicted molar refractivity (Wildman–Crippen MR) is 120 cm³/mol. The molecule has 5 heteroatoms. The van der Waals surface area contributed by atoms with Crippen molar-refractivity contribution in [2.24, 2.45) is 17.3 Å². The average Bonchev–Trinajstić information content (AvgIpc) is 3.19. The number of hydrogen-bond donors (Lipinski definition) is 1. The van der Waals surface area contributed by atoms with Gasteiger partial charge in [0.15, 0.2) is 0 Å². The maximum Gasteiger partial charge on any atom is 0.123 e. The van der Waals surface area contributed by atoms with E-state index in [0.29, 0.717) is 5.02 Å². The van der Waals surface area contributed by atoms with Crippen LogP contribution in [0.5, 0.6) is 0 Å². The fraction of sp³-hybridized carbons (Fsp3) is 0.346. The maximum atomic E-state index is 13.4. The molecule has 31 heavy (non-hydrogen) atoms. The van der Waals surface area contributed by atoms with Crippen LogP contribution < -0.4 is 0 Å². The highest BCUT2D eigenvalue weighted by Gasteiger charge is 2.71. The van der Waals surface area contributed by atoms with Crippen LogP contribution in [0, 0.1) is 23.1 Å². The minimum Gasteiger partial charge on any atom is -0.385 e. The second kappa shape index (κ2) is 6.54. The third-order valence-electron chi connectivity index (χ3n) is 8.17. The third kappa shape index (κ3) is 2.46. The number of rotatable bonds is 2. The van der Waals surface area contributed by atoms with Crippen molar-refractivity contribution >= 4 is 17.7 Å². The van der Waals surface area contributed by atoms with Gasteiger partial charge in [0.25, 0.3) is 0 Å². The van der Waals surface area contributed by atoms with Crippen molar-refractivity contribution in [3.05, 3.63) is 82.5 Å². The zero-order valence-electron chi connectivity index (χ0n) is 17.4. The molecule has 2 aliphatic carbocycles. The van der Waals surface area contributed by atoms with Crippen LogP contribution in [0.4, 0.5) is 4.39 Å². The van der Waals surface area contributed by atoms with Gasteiger partial charge in [-0.2, -0.15) is 0 Å². The van der Waals surface area contributed by atoms with Gasteiger partial charge >= 0.3 is 0 Å². The Hall–Kier alpha value is -2.43. The van der Waals surface area contributed by atoms with Gasteiger partial charge in [-0.05, 0) is 67.3 Å². The first-order valence-corrected chi connectivity index (χ1v) is 11.3. The van der Waals surface area contributed by atoms with E-state index < -0.39 is 5.60 Å². The minimum atomic E-state index is -0.845. The van der Waals surface area contributed by atoms with Gasteiger partial charge in [0.2, 0.25) is 0 Å². The van der Waals surface area contributed by atoms with Gasteiger partial charge < -0.3 is 9.67 Å². The van der Waals surface area contributed by atoms with Crippen molar-refractivity contribution in [3.8, 4) is 11.3 Å². The van der Waals surface area contributed by atoms with Gasteiger partial charge in [-0.25, -0.2) is 9.37 Å². The van der Waals surface area contributed by atoms with Gasteiger partial charge in [-0.15, -0.1) is 0 Å². The molecular formula is C26H24ClFN2O. The summed E-state index contributed by atoms with van der Waals surface area (Å²) in [6.07, 6.45) is 7.31. The number of aliphatic hydroxyl groups is 1. The maximum absolute atomic E-state index is 13.4. The lowest BCUT2D eigenvalue weighted by Crippen LogP contribution is -2.69. The van der Waals surface area contributed by atoms with Crippen LogP contribution in [-0.4, -0.2) is 14.7 Å². The zero-order chi connectivity index (χ0) is 21.4. The first-order valence-electron chi connectivity index (χ1n) is 10.9. The Balaban J connectivity index is 1.42. The molecule has 2 aromatic carbocycles. The molecule has 6 rings (SSSR count). The molecule has 3 aliphatic rings. The molecule has 3 aromatic rings. The zero-order valence-corrected chi connectivity index (χ0v) is 18.1. The quantitative estimate of drug-likeness (QED) is 0.532. The number of benzene rings is 2. The number of fused-ring (bicyclic) bond motifs is 1. The standard InChI is InChI=1S/C26H24ClFN2O/c1-16-25-14-30-15-29-24(17-5-11-21(28)12-6-17)22(30)13-19(25)3-2-4-23(25)26(16,31)18-7-9-20(27)10-8-18/h5-13,15-16,23,31H,2-4,14H2,1H3/t16?,23-,25+,26+/m0/s1. The van der Waals surface area contributed by atoms with Crippen molar-refractivity contribution in [1.29, 1.82) is 0 Å². The third-order valence-corrected chi connectivity index (χ3v) is 8.42. The summed E-state index contributed by atoms with van der Waals surface area (Å²) in [6.45, 7) is 3.01. The van der Waals surface area contributed by atoms with E-state index in [1.165, 1.54) is 17.7 Å². The summed E-state index contributed by atoms with van der Waals surface area (Å²) in [6, 6.07) is 14.2. The lowest BCUT2D eigenvalue weighted by Gasteiger charge is -2.69. The lowest BCUT2D eigenvalue weighted by atomic mass is 9.37. The molecule has 1 unspecified atom stereocenters. The Morgan fingerprint density at radius 1 is 1.13 bits per heavy atom. The highest BCUT2D eigenvalue weighted by atomic mass is 35.5. The molecule has 1 aliphatic heterocycles. The minimum absolute atomic E-state index is 0.0552. The Morgan fingerprint density at radius 3 is 2.61 bits per heavy atom. The fourth-order valence-corrected chi connectivity index (χ4v) is 6.80. The van der Waals surface area contributed by atoms with E-state index in [0.717, 1.165) is 48.3 Å². The second-order valence-corrected chi connectivity index (χ2v) is 9.76. The largest absolute Gasteiger partial charge is 0.385 e. The topological polar surface area (TPSA) is 38.0 Å². The summed E-state index contributed by atoms with van der Waals surface area (Å²) in [5.41, 5.74) is 4.39. The molecule has 0 bridgehead atoms. The Bertz CT molecular complexity index is 1200. The predicted octanol–water partition coefficient (Wildman–Crippen LogP) is 6.06. The van der Waals surface area contributed by atoms with E-state index in [9.17, 15) is 9.50 Å². The molecule has 2 heterocycles. The van der Waals surface area contributed by atoms with Crippen molar-refractivity contribution in [3.63, 3.8) is 0 Å². The molecule has 0 saturated heterocycles. The first-order chi connectivity index (χ1) is 14.9. The number of hydrogen-bond acceptors (Lipinski definition) is 2. The van der Waals surface area contributed by atoms with Crippen LogP contribution in [-0.2, 0) is 12.1 Å². The van der Waals surface area contributed by atoms with E-state index in [-0.39, 0.29) is 23.1 Å². The van der Waals surface area contributed by atoms with Crippen molar-refractivity contribution in [2.75, 3.05) is 0 Å². The van der Waals surface area contributed by atoms with E-state index in [1.54, 1.807) is 12.1 Å². The Kier molecular flexibility index (Phi) is 4.06. The van der Waals surface area contributed by atoms with E-state index in [2.05, 4.69) is 22.6 Å². The van der Waals surface area contributed by atoms with Gasteiger partial charge in [0, 0.05) is 34.4 Å². The van der Waals surface area contributed by atoms with Crippen LogP contribution in [0.3, 0.4) is 0 Å². The summed E-state index contributed by atoms with van der Waals surface area (Å²) in [4.78, 5) is 4.68. The van der Waals surface area contributed by atoms with E-state index >= 15 is 0 Å². The number of nitrogens with zero attached hydrogens (tertiary/aromatic N) is 2. The molecule has 0 amide bonds. The molecule has 4 atom stereocenters. The van der Waals surface area contributed by atoms with Crippen molar-refractivity contribution < 1.29 is 9.50 Å². The fourth-order valence-electron chi connectivity index (χ4n) is 6.67. The van der Waals surface area contributed by atoms with Crippen LogP contribution in [0.15, 0.2) is 60.4 Å². The first kappa shape index (κ1) is 19.3. The van der Waals surface area contributed by atoms with Crippen LogP contribution >= 0.6 is 11.6 Å². The molecular weight excluding hydrogens is 411 g/mol. The molecule has 2 fully saturated rings. The number of halogens is 2. The number of imidazole rings is 1. The van der Waals surface area contributed by atoms with Crippen LogP contribution in [0.25, 0.3) is 17.3 Å². The molecule has 3 nitrogen and oxygen atoms in total. The molecule has 2 saturated carbocycles. The summed E-state index contributed by atoms with van der Waals surface area (Å²) in [5, 5.41) is 12.6. The smallest absolute Gasteiger partial charge is 0.123 e. The molecule has 1 N–H and O–H groups in total. The monoisotopic (exact) mass is 434 g/mol. The highest BCUT2D eigenvalue weighted by Crippen LogP contribution is 2.71. The van der Waals surface area contributed by atoms with Crippen molar-refractivity contribution in [2.45, 2.75) is 38.3 Å². The molecule has 1 spiro atoms. The summed E-state index contributed by atoms with van der Waals surface area (Å²) >= 11 is 6.10. The number of allylic oxidation sites excluding steroid dienone is 1. The summed E-state index contributed by atoms with van der Waals surface area (Å²) in [5.74, 6) is 0.0116. The van der Waals surface area contributed by atoms with Crippen LogP contribution in [0.2, 0.25) is 5.02 Å². The SMILES string of the molecule is CC1[C@]23Cn4cnc(-c5ccc(F)cc5)c4C=C2CCC[C@@H]3[C@]1(O)c1ccc(Cl)cc1. The van der Waals surface area contributed by atoms with E-state index in [4.69, 9.17) is 11.6 Å². The van der Waals surface area contributed by atoms with Crippen LogP contribution in [0.1, 0.15) is 37.4 Å². The van der Waals surface area contributed by atoms with Gasteiger partial charge in [-0.1, -0.05) is 36.2 Å². The van der Waals surface area contributed by atoms with Gasteiger partial charge in [0.05, 0.1) is 23.3 Å². The summed E-state index contributed by atoms with van der Waals surface area (Å²) in [7, 11) is 0. The lowest BCUT2D eigenvalue weighted by molar-refractivity contribution is -0.256. The average molecular weight is 435 g/mol. The molecule has 0 radical (unpaired) electrons. The van der Waals surface area contributed by atoms with Gasteiger partial charge in [-0.3, -0.25) is 0 Å². The molecule has 158 valence electrons. The number of aromatic nitrogens is 2. The van der Waals surface area contributed by atoms with Crippen molar-refractivity contribution in [1.82, 2.24) is 9.55 Å². The second-order valence-electron chi connectivity index (χ2n) is 9.32. The highest BCUT2D eigenvalue weighted by molar-refractivity contribution is 6.30. The van der Waals surface area contributed by atoms with E-state index in [1.807, 2.05) is 30.6 Å². The van der Waals surface area contributed by atoms with Gasteiger partial charge in [0.1, 0.15) is 5.82 Å². The Morgan fingerprint density at radius 2 is 1.87 bits per heavy atom. The normalized spacial score (nSPS) is 31.2. The molecule has 1 aromatic heterocycles.